The Morgan fingerprint density at radius 1 is 1.22 bits per heavy atom. The van der Waals surface area contributed by atoms with E-state index in [9.17, 15) is 9.59 Å². The molecule has 5 nitrogen and oxygen atoms in total. The molecule has 0 spiro atoms. The SMILES string of the molecule is COC(=O)N1CCCC(CN(C(=O)C2CC2)c2ccccc2)C1. The van der Waals surface area contributed by atoms with Gasteiger partial charge < -0.3 is 14.5 Å². The second-order valence-corrected chi connectivity index (χ2v) is 6.48. The van der Waals surface area contributed by atoms with E-state index in [1.54, 1.807) is 4.90 Å². The maximum atomic E-state index is 12.7. The maximum absolute atomic E-state index is 12.7. The van der Waals surface area contributed by atoms with Gasteiger partial charge in [0.05, 0.1) is 7.11 Å². The largest absolute Gasteiger partial charge is 0.453 e. The summed E-state index contributed by atoms with van der Waals surface area (Å²) >= 11 is 0. The molecular weight excluding hydrogens is 292 g/mol. The molecule has 23 heavy (non-hydrogen) atoms. The number of para-hydroxylation sites is 1. The number of hydrogen-bond donors (Lipinski definition) is 0. The third kappa shape index (κ3) is 3.84. The molecule has 1 aliphatic carbocycles. The molecule has 1 aromatic carbocycles. The zero-order chi connectivity index (χ0) is 16.2. The van der Waals surface area contributed by atoms with Crippen LogP contribution in [-0.4, -0.2) is 43.6 Å². The van der Waals surface area contributed by atoms with Crippen LogP contribution in [-0.2, 0) is 9.53 Å². The molecule has 0 aromatic heterocycles. The Hall–Kier alpha value is -2.04. The molecule has 1 aliphatic heterocycles. The zero-order valence-corrected chi connectivity index (χ0v) is 13.6. The van der Waals surface area contributed by atoms with Crippen LogP contribution in [0.2, 0.25) is 0 Å². The van der Waals surface area contributed by atoms with Gasteiger partial charge >= 0.3 is 6.09 Å². The fourth-order valence-corrected chi connectivity index (χ4v) is 3.25. The lowest BCUT2D eigenvalue weighted by atomic mass is 9.97. The number of rotatable bonds is 4. The van der Waals surface area contributed by atoms with Gasteiger partial charge in [0.15, 0.2) is 0 Å². The van der Waals surface area contributed by atoms with Crippen LogP contribution in [0.5, 0.6) is 0 Å². The minimum Gasteiger partial charge on any atom is -0.453 e. The van der Waals surface area contributed by atoms with Crippen molar-refractivity contribution in [3.8, 4) is 0 Å². The van der Waals surface area contributed by atoms with Crippen LogP contribution in [0.4, 0.5) is 10.5 Å². The molecule has 1 atom stereocenters. The number of amides is 2. The van der Waals surface area contributed by atoms with Crippen LogP contribution in [0.25, 0.3) is 0 Å². The highest BCUT2D eigenvalue weighted by atomic mass is 16.5. The molecule has 2 fully saturated rings. The molecule has 0 radical (unpaired) electrons. The third-order valence-electron chi connectivity index (χ3n) is 4.65. The van der Waals surface area contributed by atoms with E-state index in [4.69, 9.17) is 4.74 Å². The summed E-state index contributed by atoms with van der Waals surface area (Å²) in [4.78, 5) is 28.1. The Morgan fingerprint density at radius 3 is 2.61 bits per heavy atom. The standard InChI is InChI=1S/C18H24N2O3/c1-23-18(22)19-11-5-6-14(12-19)13-20(17(21)15-9-10-15)16-7-3-2-4-8-16/h2-4,7-8,14-15H,5-6,9-13H2,1H3. The molecular formula is C18H24N2O3. The Morgan fingerprint density at radius 2 is 1.96 bits per heavy atom. The molecule has 5 heteroatoms. The molecule has 2 amide bonds. The lowest BCUT2D eigenvalue weighted by Crippen LogP contribution is -2.45. The lowest BCUT2D eigenvalue weighted by molar-refractivity contribution is -0.120. The van der Waals surface area contributed by atoms with Gasteiger partial charge in [0.2, 0.25) is 5.91 Å². The van der Waals surface area contributed by atoms with Gasteiger partial charge in [-0.3, -0.25) is 4.79 Å². The monoisotopic (exact) mass is 316 g/mol. The van der Waals surface area contributed by atoms with Crippen LogP contribution in [0.3, 0.4) is 0 Å². The van der Waals surface area contributed by atoms with E-state index >= 15 is 0 Å². The highest BCUT2D eigenvalue weighted by molar-refractivity contribution is 5.96. The van der Waals surface area contributed by atoms with Gasteiger partial charge in [0, 0.05) is 31.2 Å². The summed E-state index contributed by atoms with van der Waals surface area (Å²) < 4.78 is 4.83. The van der Waals surface area contributed by atoms with Crippen molar-refractivity contribution >= 4 is 17.7 Å². The molecule has 1 heterocycles. The Labute approximate surface area is 137 Å². The van der Waals surface area contributed by atoms with Crippen LogP contribution >= 0.6 is 0 Å². The molecule has 0 bridgehead atoms. The van der Waals surface area contributed by atoms with E-state index in [1.165, 1.54) is 7.11 Å². The molecule has 124 valence electrons. The molecule has 1 saturated carbocycles. The predicted molar refractivity (Wildman–Crippen MR) is 88.2 cm³/mol. The molecule has 3 rings (SSSR count). The smallest absolute Gasteiger partial charge is 0.409 e. The number of nitrogens with zero attached hydrogens (tertiary/aromatic N) is 2. The number of likely N-dealkylation sites (tertiary alicyclic amines) is 1. The van der Waals surface area contributed by atoms with Crippen molar-refractivity contribution in [1.29, 1.82) is 0 Å². The van der Waals surface area contributed by atoms with Gasteiger partial charge in [-0.25, -0.2) is 4.79 Å². The van der Waals surface area contributed by atoms with E-state index in [0.29, 0.717) is 19.0 Å². The topological polar surface area (TPSA) is 49.9 Å². The van der Waals surface area contributed by atoms with Crippen LogP contribution < -0.4 is 4.90 Å². The molecule has 1 aromatic rings. The third-order valence-corrected chi connectivity index (χ3v) is 4.65. The van der Waals surface area contributed by atoms with Crippen molar-refractivity contribution in [3.05, 3.63) is 30.3 Å². The van der Waals surface area contributed by atoms with Crippen LogP contribution in [0.15, 0.2) is 30.3 Å². The van der Waals surface area contributed by atoms with E-state index in [0.717, 1.165) is 37.9 Å². The number of anilines is 1. The quantitative estimate of drug-likeness (QED) is 0.858. The second-order valence-electron chi connectivity index (χ2n) is 6.48. The fourth-order valence-electron chi connectivity index (χ4n) is 3.25. The van der Waals surface area contributed by atoms with Crippen molar-refractivity contribution in [1.82, 2.24) is 4.90 Å². The van der Waals surface area contributed by atoms with E-state index in [1.807, 2.05) is 35.2 Å². The van der Waals surface area contributed by atoms with Crippen molar-refractivity contribution in [3.63, 3.8) is 0 Å². The number of ether oxygens (including phenoxy) is 1. The Bertz CT molecular complexity index is 557. The fraction of sp³-hybridized carbons (Fsp3) is 0.556. The first-order chi connectivity index (χ1) is 11.2. The average Bonchev–Trinajstić information content (AvgIpc) is 3.44. The van der Waals surface area contributed by atoms with Crippen LogP contribution in [0, 0.1) is 11.8 Å². The number of carbonyl (C=O) groups excluding carboxylic acids is 2. The van der Waals surface area contributed by atoms with E-state index in [-0.39, 0.29) is 17.9 Å². The number of carbonyl (C=O) groups is 2. The summed E-state index contributed by atoms with van der Waals surface area (Å²) in [6.45, 7) is 2.08. The molecule has 0 N–H and O–H groups in total. The number of benzene rings is 1. The average molecular weight is 316 g/mol. The summed E-state index contributed by atoms with van der Waals surface area (Å²) in [5, 5.41) is 0. The van der Waals surface area contributed by atoms with E-state index in [2.05, 4.69) is 0 Å². The van der Waals surface area contributed by atoms with Gasteiger partial charge in [-0.15, -0.1) is 0 Å². The number of hydrogen-bond acceptors (Lipinski definition) is 3. The highest BCUT2D eigenvalue weighted by Gasteiger charge is 2.35. The predicted octanol–water partition coefficient (Wildman–Crippen LogP) is 2.91. The second kappa shape index (κ2) is 7.02. The summed E-state index contributed by atoms with van der Waals surface area (Å²) in [7, 11) is 1.42. The first-order valence-corrected chi connectivity index (χ1v) is 8.38. The van der Waals surface area contributed by atoms with Crippen molar-refractivity contribution in [2.24, 2.45) is 11.8 Å². The van der Waals surface area contributed by atoms with Crippen LogP contribution in [0.1, 0.15) is 25.7 Å². The lowest BCUT2D eigenvalue weighted by Gasteiger charge is -2.35. The maximum Gasteiger partial charge on any atom is 0.409 e. The molecule has 1 saturated heterocycles. The summed E-state index contributed by atoms with van der Waals surface area (Å²) in [6, 6.07) is 9.86. The van der Waals surface area contributed by atoms with Crippen molar-refractivity contribution in [2.45, 2.75) is 25.7 Å². The first-order valence-electron chi connectivity index (χ1n) is 8.38. The molecule has 1 unspecified atom stereocenters. The minimum atomic E-state index is -0.269. The summed E-state index contributed by atoms with van der Waals surface area (Å²) in [6.07, 6.45) is 3.73. The van der Waals surface area contributed by atoms with Gasteiger partial charge in [-0.1, -0.05) is 18.2 Å². The Balaban J connectivity index is 1.70. The Kier molecular flexibility index (Phi) is 4.84. The first kappa shape index (κ1) is 15.8. The highest BCUT2D eigenvalue weighted by Crippen LogP contribution is 2.33. The van der Waals surface area contributed by atoms with Crippen molar-refractivity contribution < 1.29 is 14.3 Å². The zero-order valence-electron chi connectivity index (χ0n) is 13.6. The molecule has 2 aliphatic rings. The van der Waals surface area contributed by atoms with Gasteiger partial charge in [-0.05, 0) is 43.7 Å². The van der Waals surface area contributed by atoms with Crippen molar-refractivity contribution in [2.75, 3.05) is 31.6 Å². The van der Waals surface area contributed by atoms with Gasteiger partial charge in [0.1, 0.15) is 0 Å². The van der Waals surface area contributed by atoms with E-state index < -0.39 is 0 Å². The normalized spacial score (nSPS) is 20.9. The minimum absolute atomic E-state index is 0.190. The number of methoxy groups -OCH3 is 1. The summed E-state index contributed by atoms with van der Waals surface area (Å²) in [5.74, 6) is 0.715. The summed E-state index contributed by atoms with van der Waals surface area (Å²) in [5.41, 5.74) is 0.958. The van der Waals surface area contributed by atoms with Gasteiger partial charge in [-0.2, -0.15) is 0 Å². The van der Waals surface area contributed by atoms with Gasteiger partial charge in [0.25, 0.3) is 0 Å². The number of piperidine rings is 1.